The Kier molecular flexibility index (Phi) is 7.08. The van der Waals surface area contributed by atoms with Gasteiger partial charge in [0.2, 0.25) is 0 Å². The zero-order valence-corrected chi connectivity index (χ0v) is 17.0. The van der Waals surface area contributed by atoms with Gasteiger partial charge in [0.05, 0.1) is 5.69 Å². The Hall–Kier alpha value is -3.06. The molecule has 0 saturated carbocycles. The van der Waals surface area contributed by atoms with Crippen LogP contribution in [-0.2, 0) is 0 Å². The van der Waals surface area contributed by atoms with Crippen molar-refractivity contribution in [3.05, 3.63) is 48.4 Å². The van der Waals surface area contributed by atoms with Crippen molar-refractivity contribution in [2.75, 3.05) is 25.0 Å². The molecular weight excluding hydrogens is 364 g/mol. The van der Waals surface area contributed by atoms with Crippen LogP contribution < -0.4 is 11.1 Å². The standard InChI is InChI=1S/C22H28N6O/c1-3-18(25-4-2)15-28-12-6-8-17(14-28)21(23)27-22(29)26-20-9-5-7-16-13-24-11-10-19(16)20/h3-5,7,9-11,13,17H,6,8,12,14-15H2,1-2H3,(H3,23,26,27,29)/b18-3+,25-4?. The lowest BCUT2D eigenvalue weighted by Crippen LogP contribution is -2.42. The molecule has 2 amide bonds. The molecule has 1 atom stereocenters. The predicted octanol–water partition coefficient (Wildman–Crippen LogP) is 3.83. The number of aliphatic imine (C=N–C) groups is 2. The lowest BCUT2D eigenvalue weighted by molar-refractivity contribution is 0.218. The number of carbonyl (C=O) groups excluding carboxylic acids is 1. The molecule has 1 aromatic heterocycles. The summed E-state index contributed by atoms with van der Waals surface area (Å²) in [7, 11) is 0. The number of anilines is 1. The number of hydrogen-bond acceptors (Lipinski definition) is 4. The van der Waals surface area contributed by atoms with Crippen LogP contribution in [0.15, 0.2) is 58.4 Å². The van der Waals surface area contributed by atoms with Gasteiger partial charge in [-0.2, -0.15) is 4.99 Å². The molecule has 1 aromatic carbocycles. The van der Waals surface area contributed by atoms with E-state index in [9.17, 15) is 4.79 Å². The summed E-state index contributed by atoms with van der Waals surface area (Å²) >= 11 is 0. The Balaban J connectivity index is 1.65. The van der Waals surface area contributed by atoms with E-state index >= 15 is 0 Å². The number of nitrogens with one attached hydrogen (secondary N) is 1. The molecule has 2 aromatic rings. The van der Waals surface area contributed by atoms with Crippen LogP contribution in [0.2, 0.25) is 0 Å². The summed E-state index contributed by atoms with van der Waals surface area (Å²) in [5.74, 6) is 0.449. The number of carbonyl (C=O) groups is 1. The van der Waals surface area contributed by atoms with Crippen molar-refractivity contribution in [2.45, 2.75) is 26.7 Å². The van der Waals surface area contributed by atoms with Crippen molar-refractivity contribution in [1.29, 1.82) is 0 Å². The van der Waals surface area contributed by atoms with Crippen molar-refractivity contribution < 1.29 is 4.79 Å². The van der Waals surface area contributed by atoms with Gasteiger partial charge in [0.15, 0.2) is 0 Å². The monoisotopic (exact) mass is 392 g/mol. The minimum Gasteiger partial charge on any atom is -0.387 e. The highest BCUT2D eigenvalue weighted by molar-refractivity contribution is 6.05. The normalized spacial score (nSPS) is 19.0. The number of allylic oxidation sites excluding steroid dienone is 1. The van der Waals surface area contributed by atoms with E-state index in [-0.39, 0.29) is 5.92 Å². The number of amidine groups is 1. The fourth-order valence-corrected chi connectivity index (χ4v) is 3.63. The van der Waals surface area contributed by atoms with Crippen molar-refractivity contribution in [3.8, 4) is 0 Å². The Labute approximate surface area is 171 Å². The van der Waals surface area contributed by atoms with Crippen molar-refractivity contribution in [3.63, 3.8) is 0 Å². The Morgan fingerprint density at radius 2 is 2.24 bits per heavy atom. The molecule has 29 heavy (non-hydrogen) atoms. The van der Waals surface area contributed by atoms with Crippen molar-refractivity contribution in [2.24, 2.45) is 21.6 Å². The highest BCUT2D eigenvalue weighted by Crippen LogP contribution is 2.23. The highest BCUT2D eigenvalue weighted by atomic mass is 16.2. The van der Waals surface area contributed by atoms with Gasteiger partial charge in [-0.05, 0) is 45.4 Å². The maximum atomic E-state index is 12.5. The summed E-state index contributed by atoms with van der Waals surface area (Å²) in [6, 6.07) is 7.10. The topological polar surface area (TPSA) is 96.0 Å². The number of nitrogens with zero attached hydrogens (tertiary/aromatic N) is 4. The largest absolute Gasteiger partial charge is 0.387 e. The van der Waals surface area contributed by atoms with Gasteiger partial charge < -0.3 is 11.1 Å². The SMILES string of the molecule is CC=N/C(=C/C)CN1CCCC(/C(N)=N/C(=O)Nc2cccc3cnccc23)C1. The van der Waals surface area contributed by atoms with Crippen molar-refractivity contribution in [1.82, 2.24) is 9.88 Å². The van der Waals surface area contributed by atoms with Crippen LogP contribution in [0.3, 0.4) is 0 Å². The molecule has 3 rings (SSSR count). The van der Waals surface area contributed by atoms with E-state index in [0.717, 1.165) is 48.9 Å². The Morgan fingerprint density at radius 1 is 1.38 bits per heavy atom. The number of fused-ring (bicyclic) bond motifs is 1. The Bertz CT molecular complexity index is 944. The number of aromatic nitrogens is 1. The number of benzene rings is 1. The molecule has 1 saturated heterocycles. The number of likely N-dealkylation sites (tertiary alicyclic amines) is 1. The summed E-state index contributed by atoms with van der Waals surface area (Å²) < 4.78 is 0. The number of nitrogens with two attached hydrogens (primary N) is 1. The number of urea groups is 1. The molecule has 7 heteroatoms. The lowest BCUT2D eigenvalue weighted by atomic mass is 9.97. The Morgan fingerprint density at radius 3 is 3.03 bits per heavy atom. The van der Waals surface area contributed by atoms with Gasteiger partial charge in [-0.15, -0.1) is 0 Å². The molecule has 7 nitrogen and oxygen atoms in total. The summed E-state index contributed by atoms with van der Waals surface area (Å²) in [4.78, 5) is 27.4. The zero-order chi connectivity index (χ0) is 20.6. The minimum atomic E-state index is -0.450. The molecule has 0 radical (unpaired) electrons. The van der Waals surface area contributed by atoms with Gasteiger partial charge in [-0.25, -0.2) is 4.79 Å². The van der Waals surface area contributed by atoms with Gasteiger partial charge in [0.1, 0.15) is 5.84 Å². The molecule has 1 aliphatic heterocycles. The summed E-state index contributed by atoms with van der Waals surface area (Å²) in [6.07, 6.45) is 9.25. The van der Waals surface area contributed by atoms with Crippen LogP contribution in [0.4, 0.5) is 10.5 Å². The zero-order valence-electron chi connectivity index (χ0n) is 17.0. The van der Waals surface area contributed by atoms with Crippen LogP contribution in [0.1, 0.15) is 26.7 Å². The van der Waals surface area contributed by atoms with E-state index in [4.69, 9.17) is 5.73 Å². The van der Waals surface area contributed by atoms with Crippen LogP contribution in [-0.4, -0.2) is 47.6 Å². The average Bonchev–Trinajstić information content (AvgIpc) is 2.74. The maximum absolute atomic E-state index is 12.5. The van der Waals surface area contributed by atoms with Crippen LogP contribution >= 0.6 is 0 Å². The average molecular weight is 393 g/mol. The third-order valence-corrected chi connectivity index (χ3v) is 5.09. The fraction of sp³-hybridized carbons (Fsp3) is 0.364. The predicted molar refractivity (Wildman–Crippen MR) is 119 cm³/mol. The highest BCUT2D eigenvalue weighted by Gasteiger charge is 2.23. The van der Waals surface area contributed by atoms with Gasteiger partial charge in [0.25, 0.3) is 0 Å². The fourth-order valence-electron chi connectivity index (χ4n) is 3.63. The molecule has 2 heterocycles. The quantitative estimate of drug-likeness (QED) is 0.597. The molecule has 0 aliphatic carbocycles. The van der Waals surface area contributed by atoms with Gasteiger partial charge in [-0.3, -0.25) is 14.9 Å². The molecule has 0 spiro atoms. The number of pyridine rings is 1. The first-order chi connectivity index (χ1) is 14.1. The van der Waals surface area contributed by atoms with E-state index < -0.39 is 6.03 Å². The second-order valence-corrected chi connectivity index (χ2v) is 7.11. The summed E-state index contributed by atoms with van der Waals surface area (Å²) in [5, 5.41) is 4.73. The summed E-state index contributed by atoms with van der Waals surface area (Å²) in [5.41, 5.74) is 7.94. The molecule has 1 unspecified atom stereocenters. The summed E-state index contributed by atoms with van der Waals surface area (Å²) in [6.45, 7) is 6.46. The number of hydrogen-bond donors (Lipinski definition) is 2. The maximum Gasteiger partial charge on any atom is 0.347 e. The smallest absolute Gasteiger partial charge is 0.347 e. The van der Waals surface area contributed by atoms with Crippen LogP contribution in [0.25, 0.3) is 10.8 Å². The second-order valence-electron chi connectivity index (χ2n) is 7.11. The number of rotatable bonds is 5. The number of amides is 2. The second kappa shape index (κ2) is 9.93. The molecule has 152 valence electrons. The third-order valence-electron chi connectivity index (χ3n) is 5.09. The van der Waals surface area contributed by atoms with E-state index in [1.165, 1.54) is 0 Å². The third kappa shape index (κ3) is 5.48. The molecule has 1 fully saturated rings. The van der Waals surface area contributed by atoms with E-state index in [0.29, 0.717) is 11.5 Å². The number of piperidine rings is 1. The van der Waals surface area contributed by atoms with Gasteiger partial charge in [-0.1, -0.05) is 18.2 Å². The van der Waals surface area contributed by atoms with Gasteiger partial charge >= 0.3 is 6.03 Å². The lowest BCUT2D eigenvalue weighted by Gasteiger charge is -2.32. The first kappa shape index (κ1) is 20.7. The van der Waals surface area contributed by atoms with Crippen LogP contribution in [0.5, 0.6) is 0 Å². The molecule has 3 N–H and O–H groups in total. The molecule has 0 bridgehead atoms. The van der Waals surface area contributed by atoms with Crippen LogP contribution in [0, 0.1) is 5.92 Å². The van der Waals surface area contributed by atoms with E-state index in [1.54, 1.807) is 18.6 Å². The minimum absolute atomic E-state index is 0.0647. The molecular formula is C22H28N6O. The first-order valence-corrected chi connectivity index (χ1v) is 9.94. The first-order valence-electron chi connectivity index (χ1n) is 9.94. The molecule has 1 aliphatic rings. The van der Waals surface area contributed by atoms with Gasteiger partial charge in [0, 0.05) is 54.1 Å². The van der Waals surface area contributed by atoms with E-state index in [1.807, 2.05) is 44.2 Å². The van der Waals surface area contributed by atoms with E-state index in [2.05, 4.69) is 25.2 Å². The van der Waals surface area contributed by atoms with Crippen molar-refractivity contribution >= 4 is 34.5 Å².